The summed E-state index contributed by atoms with van der Waals surface area (Å²) in [7, 11) is 1.68. The van der Waals surface area contributed by atoms with Gasteiger partial charge in [0.2, 0.25) is 0 Å². The highest BCUT2D eigenvalue weighted by Gasteiger charge is 2.00. The van der Waals surface area contributed by atoms with Crippen LogP contribution in [0.3, 0.4) is 0 Å². The van der Waals surface area contributed by atoms with E-state index in [9.17, 15) is 0 Å². The number of hydrogen-bond acceptors (Lipinski definition) is 2. The third-order valence-corrected chi connectivity index (χ3v) is 2.57. The number of methoxy groups -OCH3 is 1. The molecule has 82 valence electrons. The van der Waals surface area contributed by atoms with Crippen LogP contribution in [0.5, 0.6) is 5.75 Å². The van der Waals surface area contributed by atoms with Crippen molar-refractivity contribution in [3.63, 3.8) is 0 Å². The summed E-state index contributed by atoms with van der Waals surface area (Å²) in [6.45, 7) is 0.567. The summed E-state index contributed by atoms with van der Waals surface area (Å²) in [6, 6.07) is 16.3. The number of hydrogen-bond donors (Lipinski definition) is 1. The van der Waals surface area contributed by atoms with Crippen molar-refractivity contribution in [3.05, 3.63) is 54.1 Å². The van der Waals surface area contributed by atoms with Gasteiger partial charge >= 0.3 is 0 Å². The molecule has 0 unspecified atom stereocenters. The summed E-state index contributed by atoms with van der Waals surface area (Å²) in [5.41, 5.74) is 9.08. The largest absolute Gasteiger partial charge is 0.497 e. The van der Waals surface area contributed by atoms with Crippen LogP contribution in [0.4, 0.5) is 0 Å². The predicted octanol–water partition coefficient (Wildman–Crippen LogP) is 2.82. The molecule has 0 aliphatic rings. The fourth-order valence-corrected chi connectivity index (χ4v) is 1.68. The second-order valence-corrected chi connectivity index (χ2v) is 3.64. The van der Waals surface area contributed by atoms with Crippen LogP contribution in [0, 0.1) is 0 Å². The van der Waals surface area contributed by atoms with E-state index in [0.29, 0.717) is 6.54 Å². The highest BCUT2D eigenvalue weighted by atomic mass is 16.5. The maximum Gasteiger partial charge on any atom is 0.119 e. The van der Waals surface area contributed by atoms with Crippen LogP contribution in [-0.2, 0) is 6.54 Å². The van der Waals surface area contributed by atoms with Crippen molar-refractivity contribution in [2.75, 3.05) is 7.11 Å². The first-order valence-electron chi connectivity index (χ1n) is 5.27. The van der Waals surface area contributed by atoms with E-state index in [4.69, 9.17) is 10.5 Å². The lowest BCUT2D eigenvalue weighted by Gasteiger charge is -2.06. The minimum absolute atomic E-state index is 0.567. The van der Waals surface area contributed by atoms with Gasteiger partial charge in [0.1, 0.15) is 5.75 Å². The minimum Gasteiger partial charge on any atom is -0.497 e. The summed E-state index contributed by atoms with van der Waals surface area (Å²) in [5.74, 6) is 0.871. The summed E-state index contributed by atoms with van der Waals surface area (Å²) < 4.78 is 5.21. The van der Waals surface area contributed by atoms with Gasteiger partial charge in [-0.05, 0) is 34.9 Å². The van der Waals surface area contributed by atoms with Gasteiger partial charge in [-0.25, -0.2) is 0 Å². The van der Waals surface area contributed by atoms with E-state index in [1.807, 2.05) is 30.3 Å². The second-order valence-electron chi connectivity index (χ2n) is 3.64. The highest BCUT2D eigenvalue weighted by molar-refractivity contribution is 5.65. The molecular formula is C14H15NO. The first-order valence-corrected chi connectivity index (χ1v) is 5.27. The molecule has 0 radical (unpaired) electrons. The van der Waals surface area contributed by atoms with Crippen molar-refractivity contribution in [1.82, 2.24) is 0 Å². The molecule has 0 aromatic heterocycles. The fourth-order valence-electron chi connectivity index (χ4n) is 1.68. The van der Waals surface area contributed by atoms with Crippen LogP contribution in [0.1, 0.15) is 5.56 Å². The van der Waals surface area contributed by atoms with Crippen LogP contribution in [0.2, 0.25) is 0 Å². The zero-order valence-corrected chi connectivity index (χ0v) is 9.31. The van der Waals surface area contributed by atoms with E-state index in [1.165, 1.54) is 5.56 Å². The average Bonchev–Trinajstić information content (AvgIpc) is 2.39. The van der Waals surface area contributed by atoms with Gasteiger partial charge in [0.15, 0.2) is 0 Å². The molecule has 0 heterocycles. The SMILES string of the molecule is COc1cccc(-c2cccc(CN)c2)c1. The highest BCUT2D eigenvalue weighted by Crippen LogP contribution is 2.24. The van der Waals surface area contributed by atoms with Crippen molar-refractivity contribution in [1.29, 1.82) is 0 Å². The van der Waals surface area contributed by atoms with Gasteiger partial charge in [0, 0.05) is 6.54 Å². The Balaban J connectivity index is 2.41. The van der Waals surface area contributed by atoms with Crippen molar-refractivity contribution >= 4 is 0 Å². The monoisotopic (exact) mass is 213 g/mol. The first-order chi connectivity index (χ1) is 7.83. The van der Waals surface area contributed by atoms with Crippen LogP contribution in [-0.4, -0.2) is 7.11 Å². The topological polar surface area (TPSA) is 35.2 Å². The summed E-state index contributed by atoms with van der Waals surface area (Å²) in [6.07, 6.45) is 0. The number of rotatable bonds is 3. The Hall–Kier alpha value is -1.80. The fraction of sp³-hybridized carbons (Fsp3) is 0.143. The summed E-state index contributed by atoms with van der Waals surface area (Å²) in [4.78, 5) is 0. The zero-order valence-electron chi connectivity index (χ0n) is 9.31. The molecule has 0 aliphatic carbocycles. The van der Waals surface area contributed by atoms with E-state index >= 15 is 0 Å². The van der Waals surface area contributed by atoms with Crippen molar-refractivity contribution in [2.24, 2.45) is 5.73 Å². The Kier molecular flexibility index (Phi) is 3.22. The molecule has 0 fully saturated rings. The third kappa shape index (κ3) is 2.23. The Morgan fingerprint density at radius 3 is 2.38 bits per heavy atom. The molecule has 2 N–H and O–H groups in total. The molecule has 2 heteroatoms. The van der Waals surface area contributed by atoms with Crippen LogP contribution >= 0.6 is 0 Å². The van der Waals surface area contributed by atoms with Gasteiger partial charge < -0.3 is 10.5 Å². The van der Waals surface area contributed by atoms with Crippen molar-refractivity contribution in [3.8, 4) is 16.9 Å². The average molecular weight is 213 g/mol. The molecule has 0 bridgehead atoms. The lowest BCUT2D eigenvalue weighted by atomic mass is 10.0. The van der Waals surface area contributed by atoms with Gasteiger partial charge in [-0.1, -0.05) is 30.3 Å². The molecule has 2 rings (SSSR count). The molecular weight excluding hydrogens is 198 g/mol. The molecule has 2 nitrogen and oxygen atoms in total. The molecule has 0 saturated carbocycles. The van der Waals surface area contributed by atoms with Gasteiger partial charge in [0.05, 0.1) is 7.11 Å². The molecule has 0 spiro atoms. The Bertz CT molecular complexity index is 434. The van der Waals surface area contributed by atoms with Gasteiger partial charge in [0.25, 0.3) is 0 Å². The normalized spacial score (nSPS) is 10.1. The third-order valence-electron chi connectivity index (χ3n) is 2.57. The molecule has 2 aromatic rings. The Morgan fingerprint density at radius 2 is 1.69 bits per heavy atom. The molecule has 2 aromatic carbocycles. The van der Waals surface area contributed by atoms with E-state index in [1.54, 1.807) is 7.11 Å². The summed E-state index contributed by atoms with van der Waals surface area (Å²) in [5, 5.41) is 0. The van der Waals surface area contributed by atoms with Crippen LogP contribution < -0.4 is 10.5 Å². The zero-order chi connectivity index (χ0) is 11.4. The predicted molar refractivity (Wildman–Crippen MR) is 66.3 cm³/mol. The van der Waals surface area contributed by atoms with Crippen LogP contribution in [0.25, 0.3) is 11.1 Å². The number of ether oxygens (including phenoxy) is 1. The minimum atomic E-state index is 0.567. The number of nitrogens with two attached hydrogens (primary N) is 1. The smallest absolute Gasteiger partial charge is 0.119 e. The van der Waals surface area contributed by atoms with Gasteiger partial charge in [-0.3, -0.25) is 0 Å². The molecule has 0 atom stereocenters. The van der Waals surface area contributed by atoms with E-state index < -0.39 is 0 Å². The number of benzene rings is 2. The quantitative estimate of drug-likeness (QED) is 0.850. The van der Waals surface area contributed by atoms with Crippen LogP contribution in [0.15, 0.2) is 48.5 Å². The maximum atomic E-state index is 5.63. The molecule has 0 amide bonds. The van der Waals surface area contributed by atoms with Gasteiger partial charge in [-0.2, -0.15) is 0 Å². The lowest BCUT2D eigenvalue weighted by Crippen LogP contribution is -1.95. The second kappa shape index (κ2) is 4.81. The molecule has 0 saturated heterocycles. The standard InChI is InChI=1S/C14H15NO/c1-16-14-7-3-6-13(9-14)12-5-2-4-11(8-12)10-15/h2-9H,10,15H2,1H3. The Morgan fingerprint density at radius 1 is 1.00 bits per heavy atom. The molecule has 0 aliphatic heterocycles. The maximum absolute atomic E-state index is 5.63. The van der Waals surface area contributed by atoms with Crippen molar-refractivity contribution in [2.45, 2.75) is 6.54 Å². The van der Waals surface area contributed by atoms with Gasteiger partial charge in [-0.15, -0.1) is 0 Å². The summed E-state index contributed by atoms with van der Waals surface area (Å²) >= 11 is 0. The lowest BCUT2D eigenvalue weighted by molar-refractivity contribution is 0.415. The van der Waals surface area contributed by atoms with E-state index in [2.05, 4.69) is 18.2 Å². The molecule has 16 heavy (non-hydrogen) atoms. The van der Waals surface area contributed by atoms with Crippen molar-refractivity contribution < 1.29 is 4.74 Å². The Labute approximate surface area is 95.7 Å². The van der Waals surface area contributed by atoms with E-state index in [0.717, 1.165) is 16.9 Å². The first kappa shape index (κ1) is 10.7. The van der Waals surface area contributed by atoms with E-state index in [-0.39, 0.29) is 0 Å².